The Bertz CT molecular complexity index is 483. The number of nitrogens with zero attached hydrogens (tertiary/aromatic N) is 2. The normalized spacial score (nSPS) is 10.7. The number of hydrogen-bond donors (Lipinski definition) is 0. The summed E-state index contributed by atoms with van der Waals surface area (Å²) in [6.07, 6.45) is 2.12. The highest BCUT2D eigenvalue weighted by Gasteiger charge is 2.13. The van der Waals surface area contributed by atoms with Crippen molar-refractivity contribution < 1.29 is 4.68 Å². The summed E-state index contributed by atoms with van der Waals surface area (Å²) in [5.41, 5.74) is 3.70. The molecule has 2 nitrogen and oxygen atoms in total. The van der Waals surface area contributed by atoms with Gasteiger partial charge >= 0.3 is 0 Å². The van der Waals surface area contributed by atoms with Gasteiger partial charge in [0.1, 0.15) is 0 Å². The molecule has 1 aromatic heterocycles. The zero-order valence-corrected chi connectivity index (χ0v) is 9.92. The van der Waals surface area contributed by atoms with Gasteiger partial charge in [0.15, 0.2) is 7.05 Å². The summed E-state index contributed by atoms with van der Waals surface area (Å²) in [6, 6.07) is 7.93. The molecule has 3 heteroatoms. The number of rotatable bonds is 1. The van der Waals surface area contributed by atoms with Crippen LogP contribution < -0.4 is 4.68 Å². The van der Waals surface area contributed by atoms with Crippen LogP contribution in [0, 0.1) is 6.92 Å². The first-order chi connectivity index (χ1) is 7.09. The average Bonchev–Trinajstić information content (AvgIpc) is 2.47. The molecule has 0 bridgehead atoms. The van der Waals surface area contributed by atoms with E-state index in [1.807, 2.05) is 31.3 Å². The van der Waals surface area contributed by atoms with Crippen molar-refractivity contribution in [3.8, 4) is 11.1 Å². The van der Waals surface area contributed by atoms with Crippen LogP contribution in [-0.4, -0.2) is 4.68 Å². The molecule has 0 unspecified atom stereocenters. The molecule has 0 N–H and O–H groups in total. The number of benzene rings is 1. The standard InChI is InChI=1S/C12H14ClN2/c1-9-12(8-14(2)15(9)3)10-4-6-11(13)7-5-10/h4-8H,1-3H3/q+1. The third-order valence-electron chi connectivity index (χ3n) is 2.82. The van der Waals surface area contributed by atoms with Gasteiger partial charge in [0.2, 0.25) is 6.20 Å². The number of aryl methyl sites for hydroxylation is 1. The molecule has 0 fully saturated rings. The largest absolute Gasteiger partial charge is 0.203 e. The maximum atomic E-state index is 5.86. The first kappa shape index (κ1) is 10.2. The van der Waals surface area contributed by atoms with E-state index >= 15 is 0 Å². The minimum Gasteiger partial charge on any atom is -0.161 e. The molecule has 15 heavy (non-hydrogen) atoms. The summed E-state index contributed by atoms with van der Waals surface area (Å²) in [6.45, 7) is 2.12. The SMILES string of the molecule is Cc1c(-c2ccc(Cl)cc2)c[n+](C)n1C. The fraction of sp³-hybridized carbons (Fsp3) is 0.250. The Balaban J connectivity index is 2.54. The van der Waals surface area contributed by atoms with E-state index in [-0.39, 0.29) is 0 Å². The van der Waals surface area contributed by atoms with E-state index < -0.39 is 0 Å². The van der Waals surface area contributed by atoms with Crippen LogP contribution in [0.25, 0.3) is 11.1 Å². The molecule has 0 amide bonds. The molecule has 0 saturated carbocycles. The molecule has 2 aromatic rings. The van der Waals surface area contributed by atoms with Gasteiger partial charge in [0.05, 0.1) is 18.3 Å². The topological polar surface area (TPSA) is 8.81 Å². The van der Waals surface area contributed by atoms with Crippen LogP contribution in [0.4, 0.5) is 0 Å². The fourth-order valence-corrected chi connectivity index (χ4v) is 1.82. The second-order valence-electron chi connectivity index (χ2n) is 3.73. The van der Waals surface area contributed by atoms with Crippen molar-refractivity contribution in [2.24, 2.45) is 14.1 Å². The molecular weight excluding hydrogens is 208 g/mol. The van der Waals surface area contributed by atoms with Crippen molar-refractivity contribution in [1.82, 2.24) is 4.68 Å². The van der Waals surface area contributed by atoms with Crippen LogP contribution in [0.15, 0.2) is 30.5 Å². The van der Waals surface area contributed by atoms with Gasteiger partial charge in [0.25, 0.3) is 0 Å². The van der Waals surface area contributed by atoms with Crippen LogP contribution in [0.5, 0.6) is 0 Å². The summed E-state index contributed by atoms with van der Waals surface area (Å²) in [4.78, 5) is 0. The quantitative estimate of drug-likeness (QED) is 0.655. The number of halogens is 1. The molecule has 1 heterocycles. The smallest absolute Gasteiger partial charge is 0.161 e. The van der Waals surface area contributed by atoms with Crippen LogP contribution >= 0.6 is 11.6 Å². The van der Waals surface area contributed by atoms with Crippen LogP contribution in [0.3, 0.4) is 0 Å². The maximum absolute atomic E-state index is 5.86. The molecular formula is C12H14ClN2+. The summed E-state index contributed by atoms with van der Waals surface area (Å²) in [5.74, 6) is 0. The molecule has 0 spiro atoms. The Morgan fingerprint density at radius 3 is 2.27 bits per heavy atom. The lowest BCUT2D eigenvalue weighted by molar-refractivity contribution is -0.751. The van der Waals surface area contributed by atoms with E-state index in [2.05, 4.69) is 29.5 Å². The molecule has 0 aliphatic heterocycles. The second kappa shape index (κ2) is 3.70. The van der Waals surface area contributed by atoms with Crippen molar-refractivity contribution in [2.75, 3.05) is 0 Å². The van der Waals surface area contributed by atoms with Gasteiger partial charge in [0, 0.05) is 5.02 Å². The lowest BCUT2D eigenvalue weighted by Gasteiger charge is -1.97. The highest BCUT2D eigenvalue weighted by molar-refractivity contribution is 6.30. The molecule has 0 atom stereocenters. The summed E-state index contributed by atoms with van der Waals surface area (Å²) in [7, 11) is 4.08. The minimum absolute atomic E-state index is 0.775. The van der Waals surface area contributed by atoms with E-state index in [0.29, 0.717) is 0 Å². The lowest BCUT2D eigenvalue weighted by Crippen LogP contribution is -2.36. The number of aromatic nitrogens is 2. The fourth-order valence-electron chi connectivity index (χ4n) is 1.69. The first-order valence-corrected chi connectivity index (χ1v) is 5.25. The zero-order valence-electron chi connectivity index (χ0n) is 9.16. The van der Waals surface area contributed by atoms with Gasteiger partial charge in [-0.3, -0.25) is 0 Å². The first-order valence-electron chi connectivity index (χ1n) is 4.88. The Kier molecular flexibility index (Phi) is 2.53. The van der Waals surface area contributed by atoms with Crippen molar-refractivity contribution in [1.29, 1.82) is 0 Å². The van der Waals surface area contributed by atoms with E-state index in [9.17, 15) is 0 Å². The van der Waals surface area contributed by atoms with E-state index in [1.165, 1.54) is 16.8 Å². The monoisotopic (exact) mass is 221 g/mol. The Labute approximate surface area is 94.7 Å². The summed E-state index contributed by atoms with van der Waals surface area (Å²) < 4.78 is 4.18. The molecule has 0 aliphatic carbocycles. The molecule has 1 aromatic carbocycles. The summed E-state index contributed by atoms with van der Waals surface area (Å²) >= 11 is 5.86. The van der Waals surface area contributed by atoms with Gasteiger partial charge in [-0.1, -0.05) is 23.7 Å². The van der Waals surface area contributed by atoms with Gasteiger partial charge in [-0.2, -0.15) is 4.68 Å². The molecule has 0 aliphatic rings. The molecule has 2 rings (SSSR count). The third kappa shape index (κ3) is 1.77. The Morgan fingerprint density at radius 2 is 1.80 bits per heavy atom. The van der Waals surface area contributed by atoms with Crippen LogP contribution in [0.1, 0.15) is 5.69 Å². The van der Waals surface area contributed by atoms with Gasteiger partial charge in [-0.05, 0) is 24.6 Å². The van der Waals surface area contributed by atoms with Crippen molar-refractivity contribution >= 4 is 11.6 Å². The van der Waals surface area contributed by atoms with Crippen molar-refractivity contribution in [3.05, 3.63) is 41.2 Å². The predicted molar refractivity (Wildman–Crippen MR) is 61.8 cm³/mol. The van der Waals surface area contributed by atoms with Crippen LogP contribution in [0.2, 0.25) is 5.02 Å². The third-order valence-corrected chi connectivity index (χ3v) is 3.07. The molecule has 0 saturated heterocycles. The van der Waals surface area contributed by atoms with Crippen LogP contribution in [-0.2, 0) is 14.1 Å². The molecule has 0 radical (unpaired) electrons. The Hall–Kier alpha value is -1.28. The summed E-state index contributed by atoms with van der Waals surface area (Å²) in [5, 5.41) is 0.775. The van der Waals surface area contributed by atoms with E-state index in [4.69, 9.17) is 11.6 Å². The zero-order chi connectivity index (χ0) is 11.0. The minimum atomic E-state index is 0.775. The predicted octanol–water partition coefficient (Wildman–Crippen LogP) is 2.48. The van der Waals surface area contributed by atoms with Crippen molar-refractivity contribution in [2.45, 2.75) is 6.92 Å². The number of hydrogen-bond acceptors (Lipinski definition) is 0. The Morgan fingerprint density at radius 1 is 1.20 bits per heavy atom. The van der Waals surface area contributed by atoms with E-state index in [0.717, 1.165) is 5.02 Å². The maximum Gasteiger partial charge on any atom is 0.203 e. The lowest BCUT2D eigenvalue weighted by atomic mass is 10.1. The highest BCUT2D eigenvalue weighted by Crippen LogP contribution is 2.23. The van der Waals surface area contributed by atoms with Gasteiger partial charge in [-0.25, -0.2) is 0 Å². The second-order valence-corrected chi connectivity index (χ2v) is 4.17. The van der Waals surface area contributed by atoms with Gasteiger partial charge < -0.3 is 0 Å². The average molecular weight is 222 g/mol. The van der Waals surface area contributed by atoms with E-state index in [1.54, 1.807) is 0 Å². The molecule has 78 valence electrons. The van der Waals surface area contributed by atoms with Crippen molar-refractivity contribution in [3.63, 3.8) is 0 Å². The van der Waals surface area contributed by atoms with Gasteiger partial charge in [-0.15, -0.1) is 4.68 Å². The highest BCUT2D eigenvalue weighted by atomic mass is 35.5.